The van der Waals surface area contributed by atoms with E-state index in [9.17, 15) is 18.8 Å². The SMILES string of the molecule is Cn1c(=O)c2cc(C(=O)NCc3ccc(F)cc3)sc2n(C)c1=O. The standard InChI is InChI=1S/C16H14FN3O3S/c1-19-14(22)11-7-12(24-15(11)20(2)16(19)23)13(21)18-8-9-3-5-10(17)6-4-9/h3-7H,8H2,1-2H3,(H,18,21). The van der Waals surface area contributed by atoms with Gasteiger partial charge in [-0.15, -0.1) is 11.3 Å². The predicted molar refractivity (Wildman–Crippen MR) is 89.9 cm³/mol. The Balaban J connectivity index is 1.89. The number of fused-ring (bicyclic) bond motifs is 1. The van der Waals surface area contributed by atoms with Gasteiger partial charge >= 0.3 is 5.69 Å². The normalized spacial score (nSPS) is 11.0. The molecule has 0 saturated heterocycles. The Hall–Kier alpha value is -2.74. The lowest BCUT2D eigenvalue weighted by molar-refractivity contribution is 0.0955. The molecule has 0 radical (unpaired) electrons. The fourth-order valence-corrected chi connectivity index (χ4v) is 3.37. The number of hydrogen-bond donors (Lipinski definition) is 1. The van der Waals surface area contributed by atoms with Gasteiger partial charge in [0.25, 0.3) is 11.5 Å². The van der Waals surface area contributed by atoms with Gasteiger partial charge in [0, 0.05) is 20.6 Å². The molecule has 24 heavy (non-hydrogen) atoms. The van der Waals surface area contributed by atoms with Crippen LogP contribution in [-0.4, -0.2) is 15.0 Å². The number of aromatic nitrogens is 2. The van der Waals surface area contributed by atoms with Crippen LogP contribution < -0.4 is 16.6 Å². The van der Waals surface area contributed by atoms with Crippen LogP contribution in [0, 0.1) is 5.82 Å². The summed E-state index contributed by atoms with van der Waals surface area (Å²) in [5.41, 5.74) is -0.108. The van der Waals surface area contributed by atoms with Crippen molar-refractivity contribution in [3.63, 3.8) is 0 Å². The quantitative estimate of drug-likeness (QED) is 0.778. The maximum Gasteiger partial charge on any atom is 0.331 e. The number of hydrogen-bond acceptors (Lipinski definition) is 4. The number of amides is 1. The zero-order valence-corrected chi connectivity index (χ0v) is 13.8. The van der Waals surface area contributed by atoms with E-state index in [2.05, 4.69) is 5.32 Å². The zero-order chi connectivity index (χ0) is 17.4. The van der Waals surface area contributed by atoms with Crippen LogP contribution in [0.25, 0.3) is 10.2 Å². The number of thiophene rings is 1. The molecule has 2 aromatic heterocycles. The molecule has 3 rings (SSSR count). The molecule has 0 unspecified atom stereocenters. The second-order valence-electron chi connectivity index (χ2n) is 5.34. The van der Waals surface area contributed by atoms with E-state index in [-0.39, 0.29) is 18.3 Å². The van der Waals surface area contributed by atoms with Crippen LogP contribution in [-0.2, 0) is 20.6 Å². The molecule has 0 bridgehead atoms. The molecule has 2 heterocycles. The first-order valence-electron chi connectivity index (χ1n) is 7.10. The number of carbonyl (C=O) groups is 1. The minimum absolute atomic E-state index is 0.240. The molecule has 6 nitrogen and oxygen atoms in total. The summed E-state index contributed by atoms with van der Waals surface area (Å²) < 4.78 is 15.2. The smallest absolute Gasteiger partial charge is 0.331 e. The zero-order valence-electron chi connectivity index (χ0n) is 13.0. The lowest BCUT2D eigenvalue weighted by Crippen LogP contribution is -2.36. The Labute approximate surface area is 139 Å². The van der Waals surface area contributed by atoms with E-state index in [0.717, 1.165) is 21.5 Å². The molecule has 0 fully saturated rings. The highest BCUT2D eigenvalue weighted by Gasteiger charge is 2.16. The highest BCUT2D eigenvalue weighted by atomic mass is 32.1. The fourth-order valence-electron chi connectivity index (χ4n) is 2.35. The number of rotatable bonds is 3. The van der Waals surface area contributed by atoms with Gasteiger partial charge in [0.2, 0.25) is 0 Å². The predicted octanol–water partition coefficient (Wildman–Crippen LogP) is 1.37. The molecule has 1 aromatic carbocycles. The molecule has 1 amide bonds. The van der Waals surface area contributed by atoms with E-state index in [4.69, 9.17) is 0 Å². The van der Waals surface area contributed by atoms with Crippen molar-refractivity contribution in [1.29, 1.82) is 0 Å². The van der Waals surface area contributed by atoms with E-state index in [1.807, 2.05) is 0 Å². The van der Waals surface area contributed by atoms with Gasteiger partial charge < -0.3 is 5.32 Å². The van der Waals surface area contributed by atoms with Gasteiger partial charge in [0.05, 0.1) is 10.3 Å². The number of carbonyl (C=O) groups excluding carboxylic acids is 1. The average molecular weight is 347 g/mol. The number of nitrogens with zero attached hydrogens (tertiary/aromatic N) is 2. The molecule has 0 spiro atoms. The highest BCUT2D eigenvalue weighted by molar-refractivity contribution is 7.20. The fraction of sp³-hybridized carbons (Fsp3) is 0.188. The molecular formula is C16H14FN3O3S. The highest BCUT2D eigenvalue weighted by Crippen LogP contribution is 2.21. The van der Waals surface area contributed by atoms with Crippen molar-refractivity contribution in [2.24, 2.45) is 14.1 Å². The van der Waals surface area contributed by atoms with Crippen LogP contribution in [0.5, 0.6) is 0 Å². The first-order chi connectivity index (χ1) is 11.4. The van der Waals surface area contributed by atoms with E-state index in [1.54, 1.807) is 19.2 Å². The van der Waals surface area contributed by atoms with E-state index in [0.29, 0.717) is 15.1 Å². The third-order valence-corrected chi connectivity index (χ3v) is 4.93. The summed E-state index contributed by atoms with van der Waals surface area (Å²) in [5, 5.41) is 3.05. The van der Waals surface area contributed by atoms with Crippen LogP contribution in [0.3, 0.4) is 0 Å². The van der Waals surface area contributed by atoms with Gasteiger partial charge in [-0.05, 0) is 23.8 Å². The van der Waals surface area contributed by atoms with Gasteiger partial charge in [0.15, 0.2) is 0 Å². The first-order valence-corrected chi connectivity index (χ1v) is 7.92. The van der Waals surface area contributed by atoms with Crippen LogP contribution in [0.1, 0.15) is 15.2 Å². The van der Waals surface area contributed by atoms with Gasteiger partial charge in [-0.1, -0.05) is 12.1 Å². The second kappa shape index (κ2) is 6.04. The monoisotopic (exact) mass is 347 g/mol. The number of benzene rings is 1. The summed E-state index contributed by atoms with van der Waals surface area (Å²) >= 11 is 1.08. The summed E-state index contributed by atoms with van der Waals surface area (Å²) in [6.45, 7) is 0.240. The van der Waals surface area contributed by atoms with Crippen LogP contribution in [0.2, 0.25) is 0 Å². The maximum atomic E-state index is 12.9. The Morgan fingerprint density at radius 3 is 2.50 bits per heavy atom. The van der Waals surface area contributed by atoms with E-state index < -0.39 is 11.2 Å². The van der Waals surface area contributed by atoms with Gasteiger partial charge in [-0.2, -0.15) is 0 Å². The lowest BCUT2D eigenvalue weighted by atomic mass is 10.2. The van der Waals surface area contributed by atoms with Crippen molar-refractivity contribution in [2.75, 3.05) is 0 Å². The molecule has 0 aliphatic heterocycles. The van der Waals surface area contributed by atoms with Crippen molar-refractivity contribution in [1.82, 2.24) is 14.5 Å². The van der Waals surface area contributed by atoms with Gasteiger partial charge in [0.1, 0.15) is 10.6 Å². The van der Waals surface area contributed by atoms with Crippen LogP contribution in [0.15, 0.2) is 39.9 Å². The molecule has 0 aliphatic carbocycles. The summed E-state index contributed by atoms with van der Waals surface area (Å²) in [7, 11) is 2.96. The number of nitrogens with one attached hydrogen (secondary N) is 1. The van der Waals surface area contributed by atoms with Gasteiger partial charge in [-0.3, -0.25) is 18.7 Å². The Morgan fingerprint density at radius 1 is 1.17 bits per heavy atom. The molecule has 124 valence electrons. The molecular weight excluding hydrogens is 333 g/mol. The molecule has 1 N–H and O–H groups in total. The average Bonchev–Trinajstić information content (AvgIpc) is 3.03. The molecule has 3 aromatic rings. The summed E-state index contributed by atoms with van der Waals surface area (Å²) in [4.78, 5) is 37.1. The van der Waals surface area contributed by atoms with Crippen molar-refractivity contribution in [3.8, 4) is 0 Å². The third-order valence-electron chi connectivity index (χ3n) is 3.72. The Bertz CT molecular complexity index is 1050. The largest absolute Gasteiger partial charge is 0.347 e. The first kappa shape index (κ1) is 16.1. The minimum atomic E-state index is -0.437. The number of halogens is 1. The molecule has 0 aliphatic rings. The molecule has 8 heteroatoms. The Morgan fingerprint density at radius 2 is 1.83 bits per heavy atom. The van der Waals surface area contributed by atoms with Crippen molar-refractivity contribution in [2.45, 2.75) is 6.54 Å². The molecule has 0 saturated carbocycles. The maximum absolute atomic E-state index is 12.9. The number of aryl methyl sites for hydroxylation is 1. The Kier molecular flexibility index (Phi) is 4.06. The van der Waals surface area contributed by atoms with Crippen molar-refractivity contribution in [3.05, 3.63) is 67.4 Å². The minimum Gasteiger partial charge on any atom is -0.347 e. The topological polar surface area (TPSA) is 73.1 Å². The van der Waals surface area contributed by atoms with Gasteiger partial charge in [-0.25, -0.2) is 9.18 Å². The van der Waals surface area contributed by atoms with E-state index >= 15 is 0 Å². The van der Waals surface area contributed by atoms with Crippen LogP contribution >= 0.6 is 11.3 Å². The summed E-state index contributed by atoms with van der Waals surface area (Å²) in [6.07, 6.45) is 0. The van der Waals surface area contributed by atoms with Crippen LogP contribution in [0.4, 0.5) is 4.39 Å². The summed E-state index contributed by atoms with van der Waals surface area (Å²) in [5.74, 6) is -0.693. The van der Waals surface area contributed by atoms with E-state index in [1.165, 1.54) is 29.8 Å². The molecule has 0 atom stereocenters. The third kappa shape index (κ3) is 2.76. The lowest BCUT2D eigenvalue weighted by Gasteiger charge is -2.03. The summed E-state index contributed by atoms with van der Waals surface area (Å²) in [6, 6.07) is 7.29. The van der Waals surface area contributed by atoms with Crippen molar-refractivity contribution < 1.29 is 9.18 Å². The van der Waals surface area contributed by atoms with Crippen molar-refractivity contribution >= 4 is 27.5 Å². The second-order valence-corrected chi connectivity index (χ2v) is 6.38.